The summed E-state index contributed by atoms with van der Waals surface area (Å²) in [7, 11) is 0. The van der Waals surface area contributed by atoms with Crippen molar-refractivity contribution in [1.82, 2.24) is 58.2 Å². The zero-order valence-corrected chi connectivity index (χ0v) is 67.4. The Kier molecular flexibility index (Phi) is 43.3. The molecule has 1 aliphatic heterocycles. The van der Waals surface area contributed by atoms with Crippen molar-refractivity contribution in [3.8, 4) is 0 Å². The Labute approximate surface area is 685 Å². The Morgan fingerprint density at radius 2 is 1.26 bits per heavy atom. The summed E-state index contributed by atoms with van der Waals surface area (Å²) < 4.78 is 15.4. The number of carboxylic acid groups (broad SMARTS) is 2. The molecule has 13 atom stereocenters. The summed E-state index contributed by atoms with van der Waals surface area (Å²) in [6.07, 6.45) is -1.60. The second-order valence-corrected chi connectivity index (χ2v) is 29.0. The minimum absolute atomic E-state index is 0.0224. The highest BCUT2D eigenvalue weighted by Crippen LogP contribution is 2.26. The number of amides is 11. The standard InChI is InChI=1S/C79H111N13O27/c1-7-10-12-13-14-15-16-22-66(102)87-57(27-48-34-82-54-24-23-46(37-93)26-52(48)54)77(114)89-56(33-65(80)101)63(99)28-47(30-70(107)108)73(110)92-71-45(6)119-79(116)58(32-61(97)50-19-17-18-21-53(50)81-9-3)90-75(112)51(43(4)25-69(105)106)31-64(100)59(38-94)88-68(104)35-83-76(113)60(40-118-42-96)91-72(109)44(5)85-74(111)49(39-117-41-95)29-62(98)55(20-11-8-2)86-67(103)36-84-78(71)115/h17-19,21,23-24,26,34,41-45,47,49,51,55-60,71,81-82,93-94H,7-16,20,22,25,27-33,35-40H2,1-6H3,(H2,80,101)(H,83,113)(H,84,115)(H,85,111)(H,86,103)(H,87,102)(H,88,104)(H,89,114)(H,90,112)(H,91,109)(H,92,110)(H,105,106)(H,107,108)/t43-,44-,45-,47+,49+,51+,55+,56-,57+,58+,59-,60+,71+/m1/s1. The molecule has 0 unspecified atom stereocenters. The van der Waals surface area contributed by atoms with Crippen LogP contribution in [0.2, 0.25) is 0 Å². The number of aliphatic hydroxyl groups excluding tert-OH is 2. The second-order valence-electron chi connectivity index (χ2n) is 29.0. The van der Waals surface area contributed by atoms with Crippen molar-refractivity contribution < 1.29 is 131 Å². The highest BCUT2D eigenvalue weighted by molar-refractivity contribution is 6.05. The summed E-state index contributed by atoms with van der Waals surface area (Å²) in [4.78, 5) is 278. The lowest BCUT2D eigenvalue weighted by atomic mass is 9.84. The first-order chi connectivity index (χ1) is 56.6. The number of aromatic nitrogens is 1. The number of primary amides is 1. The van der Waals surface area contributed by atoms with E-state index >= 15 is 4.79 Å². The van der Waals surface area contributed by atoms with Gasteiger partial charge in [-0.2, -0.15) is 0 Å². The van der Waals surface area contributed by atoms with E-state index in [0.717, 1.165) is 46.0 Å². The number of carbonyl (C=O) groups excluding carboxylic acids is 18. The molecule has 654 valence electrons. The van der Waals surface area contributed by atoms with E-state index in [1.54, 1.807) is 44.3 Å². The number of benzene rings is 2. The number of carbonyl (C=O) groups is 20. The van der Waals surface area contributed by atoms with Crippen molar-refractivity contribution >= 4 is 136 Å². The summed E-state index contributed by atoms with van der Waals surface area (Å²) in [6, 6.07) is -4.12. The van der Waals surface area contributed by atoms with E-state index in [0.29, 0.717) is 41.3 Å². The van der Waals surface area contributed by atoms with Crippen molar-refractivity contribution in [3.05, 3.63) is 65.4 Å². The van der Waals surface area contributed by atoms with Crippen LogP contribution in [-0.4, -0.2) is 238 Å². The molecule has 40 heteroatoms. The van der Waals surface area contributed by atoms with Gasteiger partial charge in [-0.3, -0.25) is 91.1 Å². The summed E-state index contributed by atoms with van der Waals surface area (Å²) in [5.74, 6) is -29.0. The molecule has 1 fully saturated rings. The predicted molar refractivity (Wildman–Crippen MR) is 420 cm³/mol. The lowest BCUT2D eigenvalue weighted by molar-refractivity contribution is -0.156. The van der Waals surface area contributed by atoms with Gasteiger partial charge in [0.25, 0.3) is 12.9 Å². The van der Waals surface area contributed by atoms with E-state index < -0.39 is 262 Å². The average molecular weight is 1670 g/mol. The molecule has 4 rings (SSSR count). The van der Waals surface area contributed by atoms with Crippen molar-refractivity contribution in [2.24, 2.45) is 29.4 Å². The number of cyclic esters (lactones) is 1. The normalized spacial score (nSPS) is 21.0. The number of H-pyrrole nitrogens is 1. The number of carboxylic acids is 2. The molecule has 1 aromatic heterocycles. The monoisotopic (exact) mass is 1670 g/mol. The van der Waals surface area contributed by atoms with Gasteiger partial charge < -0.3 is 104 Å². The molecule has 0 aliphatic carbocycles. The van der Waals surface area contributed by atoms with Crippen LogP contribution in [0.15, 0.2) is 48.7 Å². The number of hydrogen-bond acceptors (Lipinski definition) is 26. The highest BCUT2D eigenvalue weighted by atomic mass is 16.5. The predicted octanol–water partition coefficient (Wildman–Crippen LogP) is -1.16. The third-order valence-electron chi connectivity index (χ3n) is 19.5. The van der Waals surface area contributed by atoms with Crippen molar-refractivity contribution in [3.63, 3.8) is 0 Å². The van der Waals surface area contributed by atoms with Gasteiger partial charge in [0.1, 0.15) is 55.6 Å². The fraction of sp³-hybridized carbons (Fsp3) is 0.570. The van der Waals surface area contributed by atoms with Gasteiger partial charge >= 0.3 is 17.9 Å². The number of Topliss-reactive ketones (excluding diaryl/α,β-unsaturated/α-hetero) is 4. The minimum Gasteiger partial charge on any atom is -0.481 e. The Morgan fingerprint density at radius 3 is 1.89 bits per heavy atom. The number of rotatable bonds is 41. The molecule has 3 aromatic rings. The van der Waals surface area contributed by atoms with E-state index in [9.17, 15) is 112 Å². The van der Waals surface area contributed by atoms with Crippen molar-refractivity contribution in [1.29, 1.82) is 0 Å². The number of nitrogens with two attached hydrogens (primary N) is 1. The first-order valence-corrected chi connectivity index (χ1v) is 39.4. The fourth-order valence-corrected chi connectivity index (χ4v) is 13.0. The van der Waals surface area contributed by atoms with Gasteiger partial charge in [-0.05, 0) is 74.9 Å². The number of aliphatic hydroxyl groups is 2. The highest BCUT2D eigenvalue weighted by Gasteiger charge is 2.41. The Hall–Kier alpha value is -12.1. The zero-order chi connectivity index (χ0) is 88.4. The van der Waals surface area contributed by atoms with Crippen LogP contribution in [0, 0.1) is 23.7 Å². The third-order valence-corrected chi connectivity index (χ3v) is 19.5. The average Bonchev–Trinajstić information content (AvgIpc) is 1.71. The fourth-order valence-electron chi connectivity index (χ4n) is 13.0. The lowest BCUT2D eigenvalue weighted by Crippen LogP contribution is -2.57. The molecule has 2 aromatic carbocycles. The summed E-state index contributed by atoms with van der Waals surface area (Å²) in [6.45, 7) is 3.39. The second kappa shape index (κ2) is 51.9. The molecule has 11 amide bonds. The molecule has 1 saturated heterocycles. The molecule has 1 aliphatic rings. The van der Waals surface area contributed by atoms with Crippen molar-refractivity contribution in [2.75, 3.05) is 44.8 Å². The lowest BCUT2D eigenvalue weighted by Gasteiger charge is -2.29. The van der Waals surface area contributed by atoms with E-state index in [1.165, 1.54) is 25.1 Å². The molecule has 0 radical (unpaired) electrons. The van der Waals surface area contributed by atoms with Gasteiger partial charge in [0, 0.05) is 85.8 Å². The quantitative estimate of drug-likeness (QED) is 0.0105. The number of ether oxygens (including phenoxy) is 3. The number of nitrogens with one attached hydrogen (secondary N) is 12. The molecular formula is C79H111N13O27. The van der Waals surface area contributed by atoms with E-state index in [4.69, 9.17) is 19.9 Å². The molecule has 0 bridgehead atoms. The largest absolute Gasteiger partial charge is 0.481 e. The number of hydrogen-bond donors (Lipinski definition) is 17. The van der Waals surface area contributed by atoms with Crippen LogP contribution in [0.1, 0.15) is 179 Å². The maximum atomic E-state index is 15.1. The molecule has 2 heterocycles. The van der Waals surface area contributed by atoms with Gasteiger partial charge in [0.15, 0.2) is 23.1 Å². The number of fused-ring (bicyclic) bond motifs is 1. The Balaban J connectivity index is 1.90. The zero-order valence-electron chi connectivity index (χ0n) is 67.4. The SMILES string of the molecule is CCCCCCCCCC(=O)N[C@@H](Cc1c[nH]c2ccc(CO)cc12)C(=O)N[C@H](CC(N)=O)C(=O)C[C@@H](CC(=O)O)C(=O)N[C@@H]1C(=O)NCC(=O)N[C@@H](CCCC)C(=O)C[C@@H](COC=O)C(=O)N[C@H](C)C(=O)N[C@@H](COC=O)C(=O)NCC(=O)N[C@H](CO)C(=O)C[C@@H]([C@H](C)CC(=O)O)C(=O)N[C@@H](CC(=O)c2ccccc2NCC)C(=O)O[C@@H]1C. The van der Waals surface area contributed by atoms with Gasteiger partial charge in [-0.1, -0.05) is 90.3 Å². The van der Waals surface area contributed by atoms with Crippen LogP contribution >= 0.6 is 0 Å². The number of aromatic amines is 1. The Morgan fingerprint density at radius 1 is 0.639 bits per heavy atom. The summed E-state index contributed by atoms with van der Waals surface area (Å²) in [5, 5.41) is 67.4. The number of unbranched alkanes of at least 4 members (excludes halogenated alkanes) is 7. The van der Waals surface area contributed by atoms with Gasteiger partial charge in [-0.25, -0.2) is 4.79 Å². The number of ketones is 4. The molecule has 119 heavy (non-hydrogen) atoms. The minimum atomic E-state index is -2.35. The van der Waals surface area contributed by atoms with Crippen LogP contribution in [-0.2, 0) is 118 Å². The van der Waals surface area contributed by atoms with E-state index in [1.807, 2.05) is 0 Å². The van der Waals surface area contributed by atoms with Crippen molar-refractivity contribution in [2.45, 2.75) is 225 Å². The van der Waals surface area contributed by atoms with Gasteiger partial charge in [0.05, 0.1) is 63.1 Å². The smallest absolute Gasteiger partial charge is 0.329 e. The van der Waals surface area contributed by atoms with Crippen LogP contribution < -0.4 is 64.2 Å². The molecule has 0 saturated carbocycles. The van der Waals surface area contributed by atoms with Gasteiger partial charge in [-0.15, -0.1) is 0 Å². The molecule has 40 nitrogen and oxygen atoms in total. The Bertz CT molecular complexity index is 4070. The first kappa shape index (κ1) is 99.3. The van der Waals surface area contributed by atoms with Crippen LogP contribution in [0.4, 0.5) is 5.69 Å². The summed E-state index contributed by atoms with van der Waals surface area (Å²) >= 11 is 0. The number of para-hydroxylation sites is 1. The number of esters is 1. The molecule has 0 spiro atoms. The molecule has 18 N–H and O–H groups in total. The maximum Gasteiger partial charge on any atom is 0.329 e. The number of aliphatic carboxylic acids is 2. The van der Waals surface area contributed by atoms with Crippen LogP contribution in [0.5, 0.6) is 0 Å². The topological polar surface area (TPSA) is 624 Å². The molecular weight excluding hydrogens is 1560 g/mol. The van der Waals surface area contributed by atoms with Crippen LogP contribution in [0.25, 0.3) is 10.9 Å². The number of anilines is 1. The van der Waals surface area contributed by atoms with E-state index in [2.05, 4.69) is 70.4 Å². The third kappa shape index (κ3) is 34.2. The first-order valence-electron chi connectivity index (χ1n) is 39.4. The summed E-state index contributed by atoms with van der Waals surface area (Å²) in [5.41, 5.74) is 7.31. The van der Waals surface area contributed by atoms with E-state index in [-0.39, 0.29) is 63.0 Å². The van der Waals surface area contributed by atoms with Crippen LogP contribution in [0.3, 0.4) is 0 Å². The van der Waals surface area contributed by atoms with Gasteiger partial charge in [0.2, 0.25) is 65.0 Å². The maximum absolute atomic E-state index is 15.1.